The molecule has 1 N–H and O–H groups in total. The van der Waals surface area contributed by atoms with E-state index in [4.69, 9.17) is 4.74 Å². The number of anilines is 1. The lowest BCUT2D eigenvalue weighted by atomic mass is 10.2. The van der Waals surface area contributed by atoms with Gasteiger partial charge in [-0.2, -0.15) is 0 Å². The van der Waals surface area contributed by atoms with E-state index in [0.717, 1.165) is 28.8 Å². The number of pyridine rings is 1. The molecule has 1 heterocycles. The number of nitrogens with one attached hydrogen (secondary N) is 1. The minimum Gasteiger partial charge on any atom is -0.379 e. The number of rotatable bonds is 3. The first-order valence-electron chi connectivity index (χ1n) is 5.63. The highest BCUT2D eigenvalue weighted by atomic mass is 79.9. The Morgan fingerprint density at radius 1 is 1.44 bits per heavy atom. The van der Waals surface area contributed by atoms with Crippen molar-refractivity contribution in [1.82, 2.24) is 4.98 Å². The third-order valence-electron chi connectivity index (χ3n) is 3.11. The van der Waals surface area contributed by atoms with Crippen LogP contribution in [0.2, 0.25) is 0 Å². The van der Waals surface area contributed by atoms with E-state index in [9.17, 15) is 0 Å². The van der Waals surface area contributed by atoms with Crippen LogP contribution in [0.1, 0.15) is 25.0 Å². The van der Waals surface area contributed by atoms with Crippen LogP contribution in [0, 0.1) is 6.92 Å². The third-order valence-corrected chi connectivity index (χ3v) is 3.95. The Kier molecular flexibility index (Phi) is 3.82. The van der Waals surface area contributed by atoms with Gasteiger partial charge in [-0.1, -0.05) is 0 Å². The number of methoxy groups -OCH3 is 1. The van der Waals surface area contributed by atoms with E-state index in [1.54, 1.807) is 7.11 Å². The minimum atomic E-state index is 0.325. The van der Waals surface area contributed by atoms with E-state index in [2.05, 4.69) is 26.2 Å². The van der Waals surface area contributed by atoms with Gasteiger partial charge in [0, 0.05) is 11.6 Å². The van der Waals surface area contributed by atoms with Gasteiger partial charge in [0.05, 0.1) is 17.8 Å². The molecule has 0 saturated heterocycles. The topological polar surface area (TPSA) is 34.1 Å². The molecule has 0 amide bonds. The Hall–Kier alpha value is -0.610. The number of halogens is 1. The van der Waals surface area contributed by atoms with E-state index in [0.29, 0.717) is 12.1 Å². The number of ether oxygens (including phenoxy) is 1. The van der Waals surface area contributed by atoms with Gasteiger partial charge in [-0.05, 0) is 54.2 Å². The fourth-order valence-corrected chi connectivity index (χ4v) is 2.41. The molecule has 1 aromatic rings. The number of aryl methyl sites for hydroxylation is 1. The van der Waals surface area contributed by atoms with E-state index >= 15 is 0 Å². The standard InChI is InChI=1S/C12H17BrN2O/c1-8-9(13)6-7-12(14-8)15-10-4-3-5-11(10)16-2/h6-7,10-11H,3-5H2,1-2H3,(H,14,15). The van der Waals surface area contributed by atoms with Crippen LogP contribution in [0.25, 0.3) is 0 Å². The molecule has 1 aromatic heterocycles. The SMILES string of the molecule is COC1CCCC1Nc1ccc(Br)c(C)n1. The molecular formula is C12H17BrN2O. The van der Waals surface area contributed by atoms with Crippen LogP contribution >= 0.6 is 15.9 Å². The monoisotopic (exact) mass is 284 g/mol. The maximum Gasteiger partial charge on any atom is 0.126 e. The van der Waals surface area contributed by atoms with E-state index < -0.39 is 0 Å². The highest BCUT2D eigenvalue weighted by molar-refractivity contribution is 9.10. The molecular weight excluding hydrogens is 268 g/mol. The summed E-state index contributed by atoms with van der Waals surface area (Å²) in [5.74, 6) is 0.939. The average molecular weight is 285 g/mol. The van der Waals surface area contributed by atoms with Crippen molar-refractivity contribution in [3.8, 4) is 0 Å². The molecule has 1 fully saturated rings. The quantitative estimate of drug-likeness (QED) is 0.926. The van der Waals surface area contributed by atoms with Crippen LogP contribution in [0.3, 0.4) is 0 Å². The highest BCUT2D eigenvalue weighted by Gasteiger charge is 2.27. The van der Waals surface area contributed by atoms with Crippen molar-refractivity contribution in [2.45, 2.75) is 38.3 Å². The smallest absolute Gasteiger partial charge is 0.126 e. The molecule has 2 unspecified atom stereocenters. The minimum absolute atomic E-state index is 0.325. The van der Waals surface area contributed by atoms with Gasteiger partial charge in [-0.3, -0.25) is 0 Å². The zero-order valence-electron chi connectivity index (χ0n) is 9.66. The summed E-state index contributed by atoms with van der Waals surface area (Å²) in [7, 11) is 1.78. The molecule has 4 heteroatoms. The summed E-state index contributed by atoms with van der Waals surface area (Å²) in [6, 6.07) is 4.43. The van der Waals surface area contributed by atoms with Crippen molar-refractivity contribution in [1.29, 1.82) is 0 Å². The summed E-state index contributed by atoms with van der Waals surface area (Å²) in [5, 5.41) is 3.45. The van der Waals surface area contributed by atoms with Gasteiger partial charge < -0.3 is 10.1 Å². The lowest BCUT2D eigenvalue weighted by molar-refractivity contribution is 0.101. The molecule has 88 valence electrons. The largest absolute Gasteiger partial charge is 0.379 e. The predicted octanol–water partition coefficient (Wildman–Crippen LogP) is 3.13. The van der Waals surface area contributed by atoms with Crippen LogP contribution in [-0.4, -0.2) is 24.2 Å². The van der Waals surface area contributed by atoms with Crippen LogP contribution in [0.4, 0.5) is 5.82 Å². The number of aromatic nitrogens is 1. The molecule has 0 spiro atoms. The first-order valence-corrected chi connectivity index (χ1v) is 6.42. The summed E-state index contributed by atoms with van der Waals surface area (Å²) in [6.45, 7) is 2.00. The van der Waals surface area contributed by atoms with E-state index in [1.165, 1.54) is 6.42 Å². The summed E-state index contributed by atoms with van der Waals surface area (Å²) in [6.07, 6.45) is 3.86. The zero-order chi connectivity index (χ0) is 11.5. The van der Waals surface area contributed by atoms with Crippen molar-refractivity contribution < 1.29 is 4.74 Å². The molecule has 0 aromatic carbocycles. The maximum absolute atomic E-state index is 5.45. The van der Waals surface area contributed by atoms with E-state index in [-0.39, 0.29) is 0 Å². The molecule has 2 atom stereocenters. The molecule has 1 aliphatic carbocycles. The van der Waals surface area contributed by atoms with Crippen LogP contribution in [-0.2, 0) is 4.74 Å². The molecule has 0 bridgehead atoms. The molecule has 0 aliphatic heterocycles. The molecule has 2 rings (SSSR count). The van der Waals surface area contributed by atoms with Gasteiger partial charge in [-0.25, -0.2) is 4.98 Å². The van der Waals surface area contributed by atoms with Gasteiger partial charge in [-0.15, -0.1) is 0 Å². The Balaban J connectivity index is 2.05. The lowest BCUT2D eigenvalue weighted by Gasteiger charge is -2.20. The van der Waals surface area contributed by atoms with Crippen LogP contribution < -0.4 is 5.32 Å². The van der Waals surface area contributed by atoms with Gasteiger partial charge in [0.2, 0.25) is 0 Å². The van der Waals surface area contributed by atoms with Crippen molar-refractivity contribution >= 4 is 21.7 Å². The lowest BCUT2D eigenvalue weighted by Crippen LogP contribution is -2.30. The van der Waals surface area contributed by atoms with Gasteiger partial charge in [0.25, 0.3) is 0 Å². The second-order valence-electron chi connectivity index (χ2n) is 4.22. The van der Waals surface area contributed by atoms with E-state index in [1.807, 2.05) is 19.1 Å². The van der Waals surface area contributed by atoms with Gasteiger partial charge in [0.1, 0.15) is 5.82 Å². The average Bonchev–Trinajstić information content (AvgIpc) is 2.71. The Bertz CT molecular complexity index is 370. The summed E-state index contributed by atoms with van der Waals surface area (Å²) < 4.78 is 6.50. The Labute approximate surface area is 105 Å². The zero-order valence-corrected chi connectivity index (χ0v) is 11.3. The van der Waals surface area contributed by atoms with Gasteiger partial charge in [0.15, 0.2) is 0 Å². The first kappa shape index (κ1) is 11.9. The fraction of sp³-hybridized carbons (Fsp3) is 0.583. The molecule has 1 aliphatic rings. The molecule has 1 saturated carbocycles. The van der Waals surface area contributed by atoms with Gasteiger partial charge >= 0.3 is 0 Å². The summed E-state index contributed by atoms with van der Waals surface area (Å²) in [4.78, 5) is 4.49. The number of hydrogen-bond donors (Lipinski definition) is 1. The second kappa shape index (κ2) is 5.15. The van der Waals surface area contributed by atoms with Crippen LogP contribution in [0.5, 0.6) is 0 Å². The number of nitrogens with zero attached hydrogens (tertiary/aromatic N) is 1. The number of hydrogen-bond acceptors (Lipinski definition) is 3. The molecule has 16 heavy (non-hydrogen) atoms. The molecule has 3 nitrogen and oxygen atoms in total. The summed E-state index contributed by atoms with van der Waals surface area (Å²) in [5.41, 5.74) is 1.01. The van der Waals surface area contributed by atoms with Crippen molar-refractivity contribution in [3.05, 3.63) is 22.3 Å². The van der Waals surface area contributed by atoms with Crippen molar-refractivity contribution in [2.24, 2.45) is 0 Å². The fourth-order valence-electron chi connectivity index (χ4n) is 2.19. The van der Waals surface area contributed by atoms with Crippen molar-refractivity contribution in [3.63, 3.8) is 0 Å². The Morgan fingerprint density at radius 2 is 2.25 bits per heavy atom. The van der Waals surface area contributed by atoms with Crippen LogP contribution in [0.15, 0.2) is 16.6 Å². The maximum atomic E-state index is 5.45. The highest BCUT2D eigenvalue weighted by Crippen LogP contribution is 2.25. The second-order valence-corrected chi connectivity index (χ2v) is 5.07. The van der Waals surface area contributed by atoms with Crippen molar-refractivity contribution in [2.75, 3.05) is 12.4 Å². The summed E-state index contributed by atoms with van der Waals surface area (Å²) >= 11 is 3.45. The predicted molar refractivity (Wildman–Crippen MR) is 68.7 cm³/mol. The third kappa shape index (κ3) is 2.55. The Morgan fingerprint density at radius 3 is 2.94 bits per heavy atom. The first-order chi connectivity index (χ1) is 7.70. The molecule has 0 radical (unpaired) electrons. The normalized spacial score (nSPS) is 24.7.